The van der Waals surface area contributed by atoms with E-state index in [0.717, 1.165) is 5.56 Å². The number of aromatic nitrogens is 2. The van der Waals surface area contributed by atoms with Crippen molar-refractivity contribution < 1.29 is 5.11 Å². The molecular formula is C11H10N2O2. The Labute approximate surface area is 86.2 Å². The lowest BCUT2D eigenvalue weighted by atomic mass is 10.1. The van der Waals surface area contributed by atoms with Crippen molar-refractivity contribution in [2.24, 2.45) is 0 Å². The van der Waals surface area contributed by atoms with Crippen LogP contribution >= 0.6 is 0 Å². The molecule has 0 bridgehead atoms. The van der Waals surface area contributed by atoms with E-state index >= 15 is 0 Å². The van der Waals surface area contributed by atoms with E-state index in [1.54, 1.807) is 0 Å². The Morgan fingerprint density at radius 2 is 2.00 bits per heavy atom. The number of aromatic amines is 1. The van der Waals surface area contributed by atoms with E-state index in [2.05, 4.69) is 9.97 Å². The third kappa shape index (κ3) is 2.11. The summed E-state index contributed by atoms with van der Waals surface area (Å²) < 4.78 is 0. The van der Waals surface area contributed by atoms with Crippen LogP contribution in [0.2, 0.25) is 0 Å². The normalized spacial score (nSPS) is 10.2. The van der Waals surface area contributed by atoms with Crippen LogP contribution in [0.3, 0.4) is 0 Å². The number of hydrogen-bond acceptors (Lipinski definition) is 3. The van der Waals surface area contributed by atoms with Gasteiger partial charge in [-0.05, 0) is 0 Å². The number of benzene rings is 1. The summed E-state index contributed by atoms with van der Waals surface area (Å²) in [6.45, 7) is -0.268. The van der Waals surface area contributed by atoms with Gasteiger partial charge in [0.2, 0.25) is 0 Å². The summed E-state index contributed by atoms with van der Waals surface area (Å²) in [5.74, 6) is 0.279. The van der Waals surface area contributed by atoms with Gasteiger partial charge in [-0.3, -0.25) is 4.79 Å². The average molecular weight is 202 g/mol. The first-order valence-corrected chi connectivity index (χ1v) is 4.56. The zero-order valence-electron chi connectivity index (χ0n) is 7.97. The maximum atomic E-state index is 11.2. The molecule has 0 amide bonds. The van der Waals surface area contributed by atoms with Gasteiger partial charge in [0.1, 0.15) is 12.4 Å². The van der Waals surface area contributed by atoms with E-state index in [1.165, 1.54) is 6.07 Å². The van der Waals surface area contributed by atoms with Gasteiger partial charge in [0.15, 0.2) is 0 Å². The van der Waals surface area contributed by atoms with Crippen molar-refractivity contribution in [1.82, 2.24) is 9.97 Å². The second-order valence-electron chi connectivity index (χ2n) is 3.10. The van der Waals surface area contributed by atoms with Gasteiger partial charge >= 0.3 is 0 Å². The Kier molecular flexibility index (Phi) is 2.60. The lowest BCUT2D eigenvalue weighted by molar-refractivity contribution is 0.271. The predicted molar refractivity (Wildman–Crippen MR) is 56.2 cm³/mol. The maximum Gasteiger partial charge on any atom is 0.251 e. The quantitative estimate of drug-likeness (QED) is 0.761. The van der Waals surface area contributed by atoms with Crippen molar-refractivity contribution in [2.75, 3.05) is 0 Å². The number of H-pyrrole nitrogens is 1. The Bertz CT molecular complexity index is 505. The smallest absolute Gasteiger partial charge is 0.251 e. The van der Waals surface area contributed by atoms with Gasteiger partial charge in [-0.1, -0.05) is 30.3 Å². The molecule has 2 rings (SSSR count). The van der Waals surface area contributed by atoms with Crippen LogP contribution in [0.25, 0.3) is 11.3 Å². The van der Waals surface area contributed by atoms with Gasteiger partial charge < -0.3 is 10.1 Å². The highest BCUT2D eigenvalue weighted by atomic mass is 16.3. The fraction of sp³-hybridized carbons (Fsp3) is 0.0909. The zero-order valence-corrected chi connectivity index (χ0v) is 7.97. The summed E-state index contributed by atoms with van der Waals surface area (Å²) in [6.07, 6.45) is 0. The standard InChI is InChI=1S/C11H10N2O2/c14-7-10-12-9(6-11(15)13-10)8-4-2-1-3-5-8/h1-6,14H,7H2,(H,12,13,15). The predicted octanol–water partition coefficient (Wildman–Crippen LogP) is 0.929. The zero-order chi connectivity index (χ0) is 10.7. The molecule has 0 atom stereocenters. The summed E-state index contributed by atoms with van der Waals surface area (Å²) >= 11 is 0. The minimum Gasteiger partial charge on any atom is -0.388 e. The van der Waals surface area contributed by atoms with Crippen LogP contribution in [-0.2, 0) is 6.61 Å². The van der Waals surface area contributed by atoms with Crippen LogP contribution in [0.15, 0.2) is 41.2 Å². The second-order valence-corrected chi connectivity index (χ2v) is 3.10. The summed E-state index contributed by atoms with van der Waals surface area (Å²) in [7, 11) is 0. The SMILES string of the molecule is O=c1cc(-c2ccccc2)nc(CO)[nH]1. The number of hydrogen-bond donors (Lipinski definition) is 2. The number of aliphatic hydroxyl groups excluding tert-OH is 1. The number of rotatable bonds is 2. The van der Waals surface area contributed by atoms with Crippen LogP contribution in [0.1, 0.15) is 5.82 Å². The molecular weight excluding hydrogens is 192 g/mol. The molecule has 0 aliphatic rings. The molecule has 1 aromatic heterocycles. The molecule has 0 aliphatic carbocycles. The molecule has 2 N–H and O–H groups in total. The molecule has 4 nitrogen and oxygen atoms in total. The van der Waals surface area contributed by atoms with Crippen LogP contribution < -0.4 is 5.56 Å². The van der Waals surface area contributed by atoms with Crippen molar-refractivity contribution in [3.05, 3.63) is 52.6 Å². The minimum atomic E-state index is -0.268. The number of nitrogens with one attached hydrogen (secondary N) is 1. The first-order valence-electron chi connectivity index (χ1n) is 4.56. The van der Waals surface area contributed by atoms with Crippen LogP contribution in [0.5, 0.6) is 0 Å². The number of nitrogens with zero attached hydrogens (tertiary/aromatic N) is 1. The van der Waals surface area contributed by atoms with Crippen molar-refractivity contribution in [1.29, 1.82) is 0 Å². The van der Waals surface area contributed by atoms with Gasteiger partial charge in [-0.25, -0.2) is 4.98 Å². The Morgan fingerprint density at radius 1 is 1.27 bits per heavy atom. The van der Waals surface area contributed by atoms with Crippen molar-refractivity contribution in [2.45, 2.75) is 6.61 Å². The Morgan fingerprint density at radius 3 is 2.67 bits per heavy atom. The molecule has 1 heterocycles. The van der Waals surface area contributed by atoms with Crippen molar-refractivity contribution in [3.63, 3.8) is 0 Å². The Balaban J connectivity index is 2.54. The number of aliphatic hydroxyl groups is 1. The van der Waals surface area contributed by atoms with Gasteiger partial charge in [-0.15, -0.1) is 0 Å². The molecule has 0 unspecified atom stereocenters. The minimum absolute atomic E-state index is 0.257. The van der Waals surface area contributed by atoms with Gasteiger partial charge in [-0.2, -0.15) is 0 Å². The molecule has 2 aromatic rings. The third-order valence-electron chi connectivity index (χ3n) is 2.01. The van der Waals surface area contributed by atoms with E-state index in [9.17, 15) is 4.79 Å². The van der Waals surface area contributed by atoms with Gasteiger partial charge in [0.05, 0.1) is 5.69 Å². The monoisotopic (exact) mass is 202 g/mol. The Hall–Kier alpha value is -1.94. The molecule has 0 saturated heterocycles. The molecule has 0 fully saturated rings. The maximum absolute atomic E-state index is 11.2. The van der Waals surface area contributed by atoms with E-state index in [-0.39, 0.29) is 18.0 Å². The van der Waals surface area contributed by atoms with Crippen LogP contribution in [0, 0.1) is 0 Å². The second kappa shape index (κ2) is 4.06. The molecule has 0 spiro atoms. The van der Waals surface area contributed by atoms with Crippen molar-refractivity contribution in [3.8, 4) is 11.3 Å². The van der Waals surface area contributed by atoms with Crippen LogP contribution in [0.4, 0.5) is 0 Å². The molecule has 0 radical (unpaired) electrons. The van der Waals surface area contributed by atoms with Gasteiger partial charge in [0, 0.05) is 11.6 Å². The first kappa shape index (κ1) is 9.61. The van der Waals surface area contributed by atoms with E-state index in [0.29, 0.717) is 5.69 Å². The average Bonchev–Trinajstić information content (AvgIpc) is 2.29. The molecule has 0 saturated carbocycles. The van der Waals surface area contributed by atoms with E-state index in [1.807, 2.05) is 30.3 Å². The van der Waals surface area contributed by atoms with E-state index < -0.39 is 0 Å². The summed E-state index contributed by atoms with van der Waals surface area (Å²) in [5, 5.41) is 8.90. The topological polar surface area (TPSA) is 66.0 Å². The molecule has 4 heteroatoms. The summed E-state index contributed by atoms with van der Waals surface area (Å²) in [4.78, 5) is 17.8. The summed E-state index contributed by atoms with van der Waals surface area (Å²) in [5.41, 5.74) is 1.18. The lowest BCUT2D eigenvalue weighted by Gasteiger charge is -2.01. The molecule has 0 aliphatic heterocycles. The fourth-order valence-electron chi connectivity index (χ4n) is 1.34. The summed E-state index contributed by atoms with van der Waals surface area (Å²) in [6, 6.07) is 10.8. The fourth-order valence-corrected chi connectivity index (χ4v) is 1.34. The largest absolute Gasteiger partial charge is 0.388 e. The molecule has 15 heavy (non-hydrogen) atoms. The highest BCUT2D eigenvalue weighted by molar-refractivity contribution is 5.58. The first-order chi connectivity index (χ1) is 7.29. The van der Waals surface area contributed by atoms with Gasteiger partial charge in [0.25, 0.3) is 5.56 Å². The van der Waals surface area contributed by atoms with Crippen LogP contribution in [-0.4, -0.2) is 15.1 Å². The lowest BCUT2D eigenvalue weighted by Crippen LogP contribution is -2.10. The molecule has 76 valence electrons. The third-order valence-corrected chi connectivity index (χ3v) is 2.01. The van der Waals surface area contributed by atoms with Crippen molar-refractivity contribution >= 4 is 0 Å². The highest BCUT2D eigenvalue weighted by Gasteiger charge is 2.02. The van der Waals surface area contributed by atoms with E-state index in [4.69, 9.17) is 5.11 Å². The highest BCUT2D eigenvalue weighted by Crippen LogP contribution is 2.13. The molecule has 1 aromatic carbocycles.